The highest BCUT2D eigenvalue weighted by Crippen LogP contribution is 2.41. The molecule has 166 valence electrons. The maximum Gasteiger partial charge on any atom is 0.335 e. The normalized spacial score (nSPS) is 17.1. The molecule has 9 heteroatoms. The zero-order chi connectivity index (χ0) is 23.1. The monoisotopic (exact) mass is 446 g/mol. The first-order valence-corrected chi connectivity index (χ1v) is 10.4. The number of carbonyl (C=O) groups is 3. The number of anilines is 2. The molecule has 0 saturated heterocycles. The number of nitrogens with zero attached hydrogens (tertiary/aromatic N) is 2. The van der Waals surface area contributed by atoms with E-state index in [4.69, 9.17) is 0 Å². The number of carboxylic acid groups (broad SMARTS) is 1. The summed E-state index contributed by atoms with van der Waals surface area (Å²) in [5, 5.41) is 19.6. The van der Waals surface area contributed by atoms with Gasteiger partial charge in [0.15, 0.2) is 5.78 Å². The van der Waals surface area contributed by atoms with Gasteiger partial charge in [0.1, 0.15) is 23.2 Å². The molecule has 0 radical (unpaired) electrons. The average Bonchev–Trinajstić information content (AvgIpc) is 3.23. The fourth-order valence-electron chi connectivity index (χ4n) is 4.27. The number of ketones is 1. The summed E-state index contributed by atoms with van der Waals surface area (Å²) in [5.74, 6) is -1.44. The Balaban J connectivity index is 1.56. The van der Waals surface area contributed by atoms with Crippen molar-refractivity contribution in [1.29, 1.82) is 0 Å². The largest absolute Gasteiger partial charge is 0.478 e. The van der Waals surface area contributed by atoms with Gasteiger partial charge in [0.25, 0.3) is 5.91 Å². The highest BCUT2D eigenvalue weighted by atomic mass is 19.1. The van der Waals surface area contributed by atoms with E-state index in [0.29, 0.717) is 41.9 Å². The summed E-state index contributed by atoms with van der Waals surface area (Å²) in [6.07, 6.45) is 3.18. The van der Waals surface area contributed by atoms with Crippen LogP contribution < -0.4 is 10.6 Å². The number of amides is 1. The number of carbonyl (C=O) groups excluding carboxylic acids is 2. The van der Waals surface area contributed by atoms with Crippen molar-refractivity contribution in [3.63, 3.8) is 0 Å². The minimum atomic E-state index is -1.04. The number of nitrogens with one attached hydrogen (secondary N) is 2. The van der Waals surface area contributed by atoms with Crippen LogP contribution in [0.5, 0.6) is 0 Å². The molecule has 0 bridgehead atoms. The molecule has 5 rings (SSSR count). The lowest BCUT2D eigenvalue weighted by atomic mass is 9.85. The molecule has 2 aliphatic rings. The quantitative estimate of drug-likeness (QED) is 0.558. The number of aromatic nitrogens is 2. The summed E-state index contributed by atoms with van der Waals surface area (Å²) < 4.78 is 14.8. The van der Waals surface area contributed by atoms with E-state index < -0.39 is 23.7 Å². The Bertz CT molecular complexity index is 1310. The van der Waals surface area contributed by atoms with Gasteiger partial charge < -0.3 is 15.7 Å². The Hall–Kier alpha value is -4.27. The van der Waals surface area contributed by atoms with Crippen LogP contribution in [-0.4, -0.2) is 32.5 Å². The van der Waals surface area contributed by atoms with E-state index in [0.717, 1.165) is 5.70 Å². The molecule has 2 aromatic carbocycles. The van der Waals surface area contributed by atoms with Crippen LogP contribution >= 0.6 is 0 Å². The molecule has 3 aromatic rings. The Labute approximate surface area is 187 Å². The smallest absolute Gasteiger partial charge is 0.335 e. The minimum Gasteiger partial charge on any atom is -0.478 e. The molecule has 0 saturated carbocycles. The van der Waals surface area contributed by atoms with Gasteiger partial charge in [-0.25, -0.2) is 13.9 Å². The second-order valence-electron chi connectivity index (χ2n) is 7.94. The lowest BCUT2D eigenvalue weighted by Crippen LogP contribution is -2.32. The van der Waals surface area contributed by atoms with Crippen LogP contribution in [0.1, 0.15) is 51.6 Å². The predicted molar refractivity (Wildman–Crippen MR) is 118 cm³/mol. The Morgan fingerprint density at radius 2 is 1.82 bits per heavy atom. The van der Waals surface area contributed by atoms with Gasteiger partial charge in [0.05, 0.1) is 11.8 Å². The highest BCUT2D eigenvalue weighted by molar-refractivity contribution is 6.08. The molecule has 8 nitrogen and oxygen atoms in total. The minimum absolute atomic E-state index is 0.00507. The van der Waals surface area contributed by atoms with Gasteiger partial charge in [-0.1, -0.05) is 12.1 Å². The van der Waals surface area contributed by atoms with Crippen molar-refractivity contribution in [2.75, 3.05) is 10.6 Å². The second-order valence-corrected chi connectivity index (χ2v) is 7.94. The standard InChI is InChI=1S/C24H19FN4O4/c25-15-8-10-16(11-9-15)27-23(31)17-12-26-29-21(13-4-6-14(7-5-13)24(32)33)20-18(28-22(17)29)2-1-3-19(20)30/h4-12,21,28H,1-3H2,(H,27,31)(H,32,33)/t21-/m0/s1. The van der Waals surface area contributed by atoms with E-state index in [-0.39, 0.29) is 16.9 Å². The molecule has 2 heterocycles. The number of allylic oxidation sites excluding steroid dienone is 2. The topological polar surface area (TPSA) is 113 Å². The van der Waals surface area contributed by atoms with Crippen LogP contribution in [-0.2, 0) is 4.79 Å². The summed E-state index contributed by atoms with van der Waals surface area (Å²) in [5.41, 5.74) is 2.85. The first-order chi connectivity index (χ1) is 15.9. The number of hydrogen-bond acceptors (Lipinski definition) is 5. The third kappa shape index (κ3) is 3.67. The van der Waals surface area contributed by atoms with E-state index in [1.54, 1.807) is 16.8 Å². The highest BCUT2D eigenvalue weighted by Gasteiger charge is 2.37. The maximum atomic E-state index is 13.2. The van der Waals surface area contributed by atoms with Crippen LogP contribution in [0.15, 0.2) is 66.0 Å². The number of benzene rings is 2. The van der Waals surface area contributed by atoms with Crippen molar-refractivity contribution in [2.24, 2.45) is 0 Å². The summed E-state index contributed by atoms with van der Waals surface area (Å²) in [7, 11) is 0. The van der Waals surface area contributed by atoms with E-state index in [9.17, 15) is 23.9 Å². The number of hydrogen-bond donors (Lipinski definition) is 3. The Kier molecular flexibility index (Phi) is 5.01. The van der Waals surface area contributed by atoms with Gasteiger partial charge in [0, 0.05) is 23.4 Å². The molecule has 0 spiro atoms. The zero-order valence-corrected chi connectivity index (χ0v) is 17.3. The van der Waals surface area contributed by atoms with Crippen LogP contribution in [0.25, 0.3) is 0 Å². The summed E-state index contributed by atoms with van der Waals surface area (Å²) >= 11 is 0. The lowest BCUT2D eigenvalue weighted by molar-refractivity contribution is -0.116. The van der Waals surface area contributed by atoms with Crippen molar-refractivity contribution >= 4 is 29.2 Å². The number of aromatic carboxylic acids is 1. The van der Waals surface area contributed by atoms with Gasteiger partial charge in [0.2, 0.25) is 0 Å². The molecule has 3 N–H and O–H groups in total. The van der Waals surface area contributed by atoms with Crippen LogP contribution in [0.2, 0.25) is 0 Å². The van der Waals surface area contributed by atoms with Gasteiger partial charge in [-0.15, -0.1) is 0 Å². The summed E-state index contributed by atoms with van der Waals surface area (Å²) in [6, 6.07) is 11.1. The Morgan fingerprint density at radius 1 is 1.09 bits per heavy atom. The van der Waals surface area contributed by atoms with Crippen LogP contribution in [0.3, 0.4) is 0 Å². The van der Waals surface area contributed by atoms with Crippen molar-refractivity contribution in [3.8, 4) is 0 Å². The molecular weight excluding hydrogens is 427 g/mol. The number of halogens is 1. The molecule has 0 fully saturated rings. The molecule has 1 amide bonds. The average molecular weight is 446 g/mol. The van der Waals surface area contributed by atoms with Crippen molar-refractivity contribution in [3.05, 3.63) is 88.5 Å². The zero-order valence-electron chi connectivity index (χ0n) is 17.3. The molecule has 33 heavy (non-hydrogen) atoms. The SMILES string of the molecule is O=C1CCCC2=C1[C@H](c1ccc(C(=O)O)cc1)n1ncc(C(=O)Nc3ccc(F)cc3)c1N2. The van der Waals surface area contributed by atoms with E-state index in [2.05, 4.69) is 15.7 Å². The predicted octanol–water partition coefficient (Wildman–Crippen LogP) is 3.99. The third-order valence-corrected chi connectivity index (χ3v) is 5.86. The van der Waals surface area contributed by atoms with Crippen LogP contribution in [0, 0.1) is 5.82 Å². The second kappa shape index (κ2) is 8.01. The van der Waals surface area contributed by atoms with Gasteiger partial charge in [-0.05, 0) is 54.8 Å². The molecule has 0 unspecified atom stereocenters. The molecular formula is C24H19FN4O4. The molecule has 1 aliphatic carbocycles. The van der Waals surface area contributed by atoms with Gasteiger partial charge in [-0.2, -0.15) is 5.10 Å². The molecule has 1 aromatic heterocycles. The lowest BCUT2D eigenvalue weighted by Gasteiger charge is -2.33. The van der Waals surface area contributed by atoms with Crippen molar-refractivity contribution in [1.82, 2.24) is 9.78 Å². The number of rotatable bonds is 4. The van der Waals surface area contributed by atoms with Crippen LogP contribution in [0.4, 0.5) is 15.9 Å². The fourth-order valence-corrected chi connectivity index (χ4v) is 4.27. The van der Waals surface area contributed by atoms with E-state index in [1.807, 2.05) is 0 Å². The maximum absolute atomic E-state index is 13.2. The Morgan fingerprint density at radius 3 is 2.52 bits per heavy atom. The molecule has 1 atom stereocenters. The van der Waals surface area contributed by atoms with E-state index >= 15 is 0 Å². The number of carboxylic acids is 1. The fraction of sp³-hybridized carbons (Fsp3) is 0.167. The molecule has 1 aliphatic heterocycles. The number of fused-ring (bicyclic) bond motifs is 1. The van der Waals surface area contributed by atoms with E-state index in [1.165, 1.54) is 42.6 Å². The summed E-state index contributed by atoms with van der Waals surface area (Å²) in [6.45, 7) is 0. The van der Waals surface area contributed by atoms with Crippen molar-refractivity contribution < 1.29 is 23.9 Å². The summed E-state index contributed by atoms with van der Waals surface area (Å²) in [4.78, 5) is 37.1. The first-order valence-electron chi connectivity index (χ1n) is 10.4. The number of Topliss-reactive ketones (excluding diaryl/α,β-unsaturated/α-hetero) is 1. The van der Waals surface area contributed by atoms with Gasteiger partial charge >= 0.3 is 5.97 Å². The first kappa shape index (κ1) is 20.6. The third-order valence-electron chi connectivity index (χ3n) is 5.86. The van der Waals surface area contributed by atoms with Crippen molar-refractivity contribution in [2.45, 2.75) is 25.3 Å². The van der Waals surface area contributed by atoms with Gasteiger partial charge in [-0.3, -0.25) is 9.59 Å².